The smallest absolute Gasteiger partial charge is 0.226 e. The van der Waals surface area contributed by atoms with Gasteiger partial charge in [-0.1, -0.05) is 12.1 Å². The van der Waals surface area contributed by atoms with Gasteiger partial charge < -0.3 is 15.7 Å². The summed E-state index contributed by atoms with van der Waals surface area (Å²) in [6, 6.07) is 7.08. The second kappa shape index (κ2) is 5.19. The molecule has 2 rings (SSSR count). The second-order valence-corrected chi connectivity index (χ2v) is 4.56. The molecule has 1 aliphatic rings. The van der Waals surface area contributed by atoms with E-state index in [1.807, 2.05) is 11.0 Å². The first-order chi connectivity index (χ1) is 8.15. The summed E-state index contributed by atoms with van der Waals surface area (Å²) < 4.78 is 0. The zero-order valence-corrected chi connectivity index (χ0v) is 9.80. The van der Waals surface area contributed by atoms with Crippen LogP contribution in [0, 0.1) is 0 Å². The van der Waals surface area contributed by atoms with Gasteiger partial charge in [0.1, 0.15) is 5.75 Å². The molecule has 1 aliphatic heterocycles. The molecule has 3 N–H and O–H groups in total. The minimum absolute atomic E-state index is 0.113. The van der Waals surface area contributed by atoms with Crippen LogP contribution < -0.4 is 5.73 Å². The predicted octanol–water partition coefficient (Wildman–Crippen LogP) is 0.884. The summed E-state index contributed by atoms with van der Waals surface area (Å²) in [7, 11) is 0. The van der Waals surface area contributed by atoms with Crippen LogP contribution in [-0.2, 0) is 11.2 Å². The van der Waals surface area contributed by atoms with Gasteiger partial charge in [-0.2, -0.15) is 0 Å². The molecule has 4 heteroatoms. The van der Waals surface area contributed by atoms with E-state index in [2.05, 4.69) is 0 Å². The molecule has 0 bridgehead atoms. The molecule has 1 heterocycles. The standard InChI is InChI=1S/C13H18N2O2/c14-11-4-6-15(7-5-11)13(17)9-10-2-1-3-12(16)8-10/h1-3,8,11,16H,4-7,9,14H2. The maximum atomic E-state index is 12.0. The fourth-order valence-electron chi connectivity index (χ4n) is 2.10. The molecular weight excluding hydrogens is 216 g/mol. The minimum Gasteiger partial charge on any atom is -0.508 e. The van der Waals surface area contributed by atoms with Crippen LogP contribution in [-0.4, -0.2) is 35.0 Å². The molecule has 0 aromatic heterocycles. The molecule has 0 spiro atoms. The molecule has 4 nitrogen and oxygen atoms in total. The van der Waals surface area contributed by atoms with Crippen molar-refractivity contribution >= 4 is 5.91 Å². The molecule has 17 heavy (non-hydrogen) atoms. The highest BCUT2D eigenvalue weighted by atomic mass is 16.3. The van der Waals surface area contributed by atoms with Crippen molar-refractivity contribution in [3.63, 3.8) is 0 Å². The van der Waals surface area contributed by atoms with Gasteiger partial charge >= 0.3 is 0 Å². The molecule has 1 saturated heterocycles. The van der Waals surface area contributed by atoms with Crippen LogP contribution in [0.15, 0.2) is 24.3 Å². The van der Waals surface area contributed by atoms with Crippen LogP contribution in [0.1, 0.15) is 18.4 Å². The van der Waals surface area contributed by atoms with E-state index in [-0.39, 0.29) is 17.7 Å². The van der Waals surface area contributed by atoms with Crippen molar-refractivity contribution in [2.45, 2.75) is 25.3 Å². The van der Waals surface area contributed by atoms with Crippen molar-refractivity contribution < 1.29 is 9.90 Å². The first kappa shape index (κ1) is 11.9. The molecule has 1 fully saturated rings. The number of benzene rings is 1. The van der Waals surface area contributed by atoms with Gasteiger partial charge in [-0.3, -0.25) is 4.79 Å². The number of likely N-dealkylation sites (tertiary alicyclic amines) is 1. The average Bonchev–Trinajstić information content (AvgIpc) is 2.29. The summed E-state index contributed by atoms with van der Waals surface area (Å²) in [5.41, 5.74) is 6.65. The number of phenols is 1. The first-order valence-corrected chi connectivity index (χ1v) is 5.96. The van der Waals surface area contributed by atoms with E-state index in [4.69, 9.17) is 5.73 Å². The lowest BCUT2D eigenvalue weighted by molar-refractivity contribution is -0.131. The van der Waals surface area contributed by atoms with Gasteiger partial charge in [0.05, 0.1) is 6.42 Å². The number of hydrogen-bond donors (Lipinski definition) is 2. The third kappa shape index (κ3) is 3.20. The summed E-state index contributed by atoms with van der Waals surface area (Å²) in [5.74, 6) is 0.318. The third-order valence-corrected chi connectivity index (χ3v) is 3.16. The number of nitrogens with two attached hydrogens (primary N) is 1. The monoisotopic (exact) mass is 234 g/mol. The fraction of sp³-hybridized carbons (Fsp3) is 0.462. The van der Waals surface area contributed by atoms with Crippen LogP contribution in [0.25, 0.3) is 0 Å². The number of carbonyl (C=O) groups is 1. The molecule has 92 valence electrons. The van der Waals surface area contributed by atoms with Gasteiger partial charge in [0.15, 0.2) is 0 Å². The normalized spacial score (nSPS) is 17.1. The van der Waals surface area contributed by atoms with Crippen LogP contribution in [0.2, 0.25) is 0 Å². The maximum absolute atomic E-state index is 12.0. The van der Waals surface area contributed by atoms with Gasteiger partial charge in [0, 0.05) is 19.1 Å². The molecule has 1 amide bonds. The van der Waals surface area contributed by atoms with Crippen molar-refractivity contribution in [3.8, 4) is 5.75 Å². The number of hydrogen-bond acceptors (Lipinski definition) is 3. The highest BCUT2D eigenvalue weighted by Gasteiger charge is 2.20. The molecule has 1 aromatic rings. The molecule has 0 atom stereocenters. The number of carbonyl (C=O) groups excluding carboxylic acids is 1. The molecule has 0 saturated carbocycles. The Hall–Kier alpha value is -1.55. The zero-order valence-electron chi connectivity index (χ0n) is 9.80. The molecule has 0 aliphatic carbocycles. The molecule has 0 radical (unpaired) electrons. The predicted molar refractivity (Wildman–Crippen MR) is 65.6 cm³/mol. The van der Waals surface area contributed by atoms with Crippen molar-refractivity contribution in [2.75, 3.05) is 13.1 Å². The lowest BCUT2D eigenvalue weighted by Crippen LogP contribution is -2.43. The maximum Gasteiger partial charge on any atom is 0.226 e. The summed E-state index contributed by atoms with van der Waals surface area (Å²) in [5, 5.41) is 9.33. The SMILES string of the molecule is NC1CCN(C(=O)Cc2cccc(O)c2)CC1. The van der Waals surface area contributed by atoms with Crippen LogP contribution >= 0.6 is 0 Å². The topological polar surface area (TPSA) is 66.6 Å². The number of rotatable bonds is 2. The molecule has 0 unspecified atom stereocenters. The van der Waals surface area contributed by atoms with E-state index in [1.54, 1.807) is 18.2 Å². The highest BCUT2D eigenvalue weighted by molar-refractivity contribution is 5.79. The Bertz CT molecular complexity index is 398. The summed E-state index contributed by atoms with van der Waals surface area (Å²) in [6.45, 7) is 1.50. The number of piperidine rings is 1. The summed E-state index contributed by atoms with van der Waals surface area (Å²) >= 11 is 0. The number of aromatic hydroxyl groups is 1. The zero-order chi connectivity index (χ0) is 12.3. The Kier molecular flexibility index (Phi) is 3.64. The number of nitrogens with zero attached hydrogens (tertiary/aromatic N) is 1. The largest absolute Gasteiger partial charge is 0.508 e. The van der Waals surface area contributed by atoms with E-state index in [0.717, 1.165) is 31.5 Å². The van der Waals surface area contributed by atoms with Gasteiger partial charge in [-0.25, -0.2) is 0 Å². The van der Waals surface area contributed by atoms with Crippen molar-refractivity contribution in [1.82, 2.24) is 4.90 Å². The van der Waals surface area contributed by atoms with Crippen LogP contribution in [0.3, 0.4) is 0 Å². The van der Waals surface area contributed by atoms with Crippen molar-refractivity contribution in [1.29, 1.82) is 0 Å². The van der Waals surface area contributed by atoms with Gasteiger partial charge in [0.25, 0.3) is 0 Å². The fourth-order valence-corrected chi connectivity index (χ4v) is 2.10. The Labute approximate surface area is 101 Å². The Morgan fingerprint density at radius 1 is 1.41 bits per heavy atom. The quantitative estimate of drug-likeness (QED) is 0.798. The van der Waals surface area contributed by atoms with E-state index in [9.17, 15) is 9.90 Å². The first-order valence-electron chi connectivity index (χ1n) is 5.96. The highest BCUT2D eigenvalue weighted by Crippen LogP contribution is 2.14. The summed E-state index contributed by atoms with van der Waals surface area (Å²) in [4.78, 5) is 13.8. The van der Waals surface area contributed by atoms with Crippen LogP contribution in [0.5, 0.6) is 5.75 Å². The Morgan fingerprint density at radius 3 is 2.76 bits per heavy atom. The van der Waals surface area contributed by atoms with Crippen LogP contribution in [0.4, 0.5) is 0 Å². The van der Waals surface area contributed by atoms with Crippen molar-refractivity contribution in [2.24, 2.45) is 5.73 Å². The lowest BCUT2D eigenvalue weighted by atomic mass is 10.0. The Balaban J connectivity index is 1.93. The lowest BCUT2D eigenvalue weighted by Gasteiger charge is -2.30. The number of amides is 1. The molecular formula is C13H18N2O2. The van der Waals surface area contributed by atoms with Gasteiger partial charge in [-0.15, -0.1) is 0 Å². The number of phenolic OH excluding ortho intramolecular Hbond substituents is 1. The third-order valence-electron chi connectivity index (χ3n) is 3.16. The van der Waals surface area contributed by atoms with Gasteiger partial charge in [0.2, 0.25) is 5.91 Å². The Morgan fingerprint density at radius 2 is 2.12 bits per heavy atom. The van der Waals surface area contributed by atoms with Crippen molar-refractivity contribution in [3.05, 3.63) is 29.8 Å². The average molecular weight is 234 g/mol. The second-order valence-electron chi connectivity index (χ2n) is 4.56. The summed E-state index contributed by atoms with van der Waals surface area (Å²) in [6.07, 6.45) is 2.11. The van der Waals surface area contributed by atoms with E-state index in [0.29, 0.717) is 6.42 Å². The minimum atomic E-state index is 0.113. The van der Waals surface area contributed by atoms with Gasteiger partial charge in [-0.05, 0) is 30.5 Å². The van der Waals surface area contributed by atoms with E-state index >= 15 is 0 Å². The van der Waals surface area contributed by atoms with E-state index in [1.165, 1.54) is 0 Å². The van der Waals surface area contributed by atoms with E-state index < -0.39 is 0 Å². The molecule has 1 aromatic carbocycles.